The summed E-state index contributed by atoms with van der Waals surface area (Å²) in [6.07, 6.45) is 6.36. The molecule has 1 aromatic heterocycles. The van der Waals surface area contributed by atoms with Crippen LogP contribution in [0.5, 0.6) is 0 Å². The van der Waals surface area contributed by atoms with Gasteiger partial charge in [0.2, 0.25) is 0 Å². The van der Waals surface area contributed by atoms with E-state index in [2.05, 4.69) is 11.9 Å². The van der Waals surface area contributed by atoms with Gasteiger partial charge in [-0.3, -0.25) is 0 Å². The first-order valence-corrected chi connectivity index (χ1v) is 6.27. The summed E-state index contributed by atoms with van der Waals surface area (Å²) < 4.78 is 0. The molecule has 2 fully saturated rings. The Morgan fingerprint density at radius 1 is 1.43 bits per heavy atom. The van der Waals surface area contributed by atoms with Crippen LogP contribution in [0, 0.1) is 6.92 Å². The SMILES string of the molecule is Cc1nc(C2CCC2)sc1C1(N)CC1. The Labute approximate surface area is 88.5 Å². The first-order valence-electron chi connectivity index (χ1n) is 5.46. The molecular formula is C11H16N2S. The zero-order chi connectivity index (χ0) is 9.76. The second kappa shape index (κ2) is 2.80. The van der Waals surface area contributed by atoms with Crippen molar-refractivity contribution in [2.45, 2.75) is 50.5 Å². The molecule has 2 aliphatic carbocycles. The van der Waals surface area contributed by atoms with E-state index in [1.54, 1.807) is 0 Å². The van der Waals surface area contributed by atoms with Crippen molar-refractivity contribution < 1.29 is 0 Å². The van der Waals surface area contributed by atoms with Crippen molar-refractivity contribution in [3.8, 4) is 0 Å². The Hall–Kier alpha value is -0.410. The van der Waals surface area contributed by atoms with E-state index in [0.29, 0.717) is 0 Å². The summed E-state index contributed by atoms with van der Waals surface area (Å²) in [5.74, 6) is 0.759. The molecule has 0 amide bonds. The number of hydrogen-bond donors (Lipinski definition) is 1. The lowest BCUT2D eigenvalue weighted by molar-refractivity contribution is 0.418. The van der Waals surface area contributed by atoms with Crippen LogP contribution in [0.4, 0.5) is 0 Å². The normalized spacial score (nSPS) is 24.7. The van der Waals surface area contributed by atoms with Crippen molar-refractivity contribution in [3.05, 3.63) is 15.6 Å². The van der Waals surface area contributed by atoms with E-state index in [-0.39, 0.29) is 5.54 Å². The summed E-state index contributed by atoms with van der Waals surface area (Å²) in [5.41, 5.74) is 7.42. The summed E-state index contributed by atoms with van der Waals surface area (Å²) in [6, 6.07) is 0. The van der Waals surface area contributed by atoms with Gasteiger partial charge >= 0.3 is 0 Å². The largest absolute Gasteiger partial charge is 0.321 e. The number of rotatable bonds is 2. The minimum absolute atomic E-state index is 0.0176. The fourth-order valence-corrected chi connectivity index (χ4v) is 3.47. The van der Waals surface area contributed by atoms with Crippen LogP contribution in [0.1, 0.15) is 53.6 Å². The molecule has 2 nitrogen and oxygen atoms in total. The van der Waals surface area contributed by atoms with Crippen molar-refractivity contribution in [2.24, 2.45) is 5.73 Å². The average molecular weight is 208 g/mol. The van der Waals surface area contributed by atoms with Crippen LogP contribution in [-0.4, -0.2) is 4.98 Å². The predicted octanol–water partition coefficient (Wildman–Crippen LogP) is 2.67. The highest BCUT2D eigenvalue weighted by molar-refractivity contribution is 7.12. The van der Waals surface area contributed by atoms with Crippen molar-refractivity contribution in [1.29, 1.82) is 0 Å². The Balaban J connectivity index is 1.93. The second-order valence-electron chi connectivity index (χ2n) is 4.75. The van der Waals surface area contributed by atoms with Gasteiger partial charge in [-0.25, -0.2) is 4.98 Å². The number of nitrogens with zero attached hydrogens (tertiary/aromatic N) is 1. The number of nitrogens with two attached hydrogens (primary N) is 1. The topological polar surface area (TPSA) is 38.9 Å². The monoisotopic (exact) mass is 208 g/mol. The predicted molar refractivity (Wildman–Crippen MR) is 58.5 cm³/mol. The summed E-state index contributed by atoms with van der Waals surface area (Å²) in [4.78, 5) is 6.04. The third kappa shape index (κ3) is 1.22. The highest BCUT2D eigenvalue weighted by atomic mass is 32.1. The molecule has 2 saturated carbocycles. The Bertz CT molecular complexity index is 361. The number of hydrogen-bond acceptors (Lipinski definition) is 3. The molecule has 1 aromatic rings. The van der Waals surface area contributed by atoms with Crippen molar-refractivity contribution >= 4 is 11.3 Å². The third-order valence-corrected chi connectivity index (χ3v) is 5.05. The van der Waals surface area contributed by atoms with E-state index in [1.807, 2.05) is 11.3 Å². The van der Waals surface area contributed by atoms with Gasteiger partial charge in [-0.15, -0.1) is 11.3 Å². The number of thiazole rings is 1. The molecule has 0 aliphatic heterocycles. The van der Waals surface area contributed by atoms with Crippen LogP contribution in [-0.2, 0) is 5.54 Å². The van der Waals surface area contributed by atoms with E-state index in [9.17, 15) is 0 Å². The Kier molecular flexibility index (Phi) is 1.77. The molecule has 0 bridgehead atoms. The first-order chi connectivity index (χ1) is 6.69. The molecule has 3 rings (SSSR count). The van der Waals surface area contributed by atoms with E-state index < -0.39 is 0 Å². The van der Waals surface area contributed by atoms with E-state index >= 15 is 0 Å². The molecule has 1 heterocycles. The zero-order valence-electron chi connectivity index (χ0n) is 8.55. The molecule has 3 heteroatoms. The fraction of sp³-hybridized carbons (Fsp3) is 0.727. The van der Waals surface area contributed by atoms with Gasteiger partial charge in [0.25, 0.3) is 0 Å². The molecule has 2 aliphatic rings. The van der Waals surface area contributed by atoms with Gasteiger partial charge < -0.3 is 5.73 Å². The number of aryl methyl sites for hydroxylation is 1. The molecule has 0 unspecified atom stereocenters. The van der Waals surface area contributed by atoms with Crippen LogP contribution in [0.3, 0.4) is 0 Å². The maximum absolute atomic E-state index is 6.21. The van der Waals surface area contributed by atoms with Crippen molar-refractivity contribution in [2.75, 3.05) is 0 Å². The Morgan fingerprint density at radius 3 is 2.64 bits per heavy atom. The van der Waals surface area contributed by atoms with Crippen LogP contribution < -0.4 is 5.73 Å². The highest BCUT2D eigenvalue weighted by Crippen LogP contribution is 2.49. The minimum Gasteiger partial charge on any atom is -0.321 e. The molecule has 2 N–H and O–H groups in total. The molecule has 0 spiro atoms. The molecule has 0 aromatic carbocycles. The van der Waals surface area contributed by atoms with Crippen molar-refractivity contribution in [1.82, 2.24) is 4.98 Å². The quantitative estimate of drug-likeness (QED) is 0.811. The van der Waals surface area contributed by atoms with Crippen LogP contribution in [0.15, 0.2) is 0 Å². The summed E-state index contributed by atoms with van der Waals surface area (Å²) in [7, 11) is 0. The lowest BCUT2D eigenvalue weighted by Crippen LogP contribution is -2.18. The summed E-state index contributed by atoms with van der Waals surface area (Å²) in [5, 5.41) is 1.35. The smallest absolute Gasteiger partial charge is 0.0962 e. The van der Waals surface area contributed by atoms with Gasteiger partial charge in [0.15, 0.2) is 0 Å². The maximum atomic E-state index is 6.21. The second-order valence-corrected chi connectivity index (χ2v) is 5.78. The van der Waals surface area contributed by atoms with Gasteiger partial charge in [0.05, 0.1) is 16.2 Å². The molecular weight excluding hydrogens is 192 g/mol. The maximum Gasteiger partial charge on any atom is 0.0962 e. The van der Waals surface area contributed by atoms with Gasteiger partial charge in [-0.1, -0.05) is 6.42 Å². The van der Waals surface area contributed by atoms with Gasteiger partial charge in [-0.2, -0.15) is 0 Å². The molecule has 14 heavy (non-hydrogen) atoms. The van der Waals surface area contributed by atoms with Gasteiger partial charge in [-0.05, 0) is 32.6 Å². The summed E-state index contributed by atoms with van der Waals surface area (Å²) in [6.45, 7) is 2.11. The fourth-order valence-electron chi connectivity index (χ4n) is 2.07. The lowest BCUT2D eigenvalue weighted by atomic mass is 9.86. The van der Waals surface area contributed by atoms with Gasteiger partial charge in [0, 0.05) is 10.8 Å². The minimum atomic E-state index is 0.0176. The average Bonchev–Trinajstić information content (AvgIpc) is 2.65. The van der Waals surface area contributed by atoms with Gasteiger partial charge in [0.1, 0.15) is 0 Å². The number of aromatic nitrogens is 1. The van der Waals surface area contributed by atoms with E-state index in [1.165, 1.54) is 34.8 Å². The van der Waals surface area contributed by atoms with Crippen LogP contribution in [0.2, 0.25) is 0 Å². The Morgan fingerprint density at radius 2 is 2.14 bits per heavy atom. The van der Waals surface area contributed by atoms with Crippen molar-refractivity contribution in [3.63, 3.8) is 0 Å². The summed E-state index contributed by atoms with van der Waals surface area (Å²) >= 11 is 1.88. The van der Waals surface area contributed by atoms with E-state index in [4.69, 9.17) is 5.73 Å². The first kappa shape index (κ1) is 8.86. The standard InChI is InChI=1S/C11H16N2S/c1-7-9(11(12)5-6-11)14-10(13-7)8-3-2-4-8/h8H,2-6,12H2,1H3. The third-order valence-electron chi connectivity index (χ3n) is 3.51. The molecule has 0 atom stereocenters. The zero-order valence-corrected chi connectivity index (χ0v) is 9.36. The molecule has 76 valence electrons. The molecule has 0 saturated heterocycles. The lowest BCUT2D eigenvalue weighted by Gasteiger charge is -2.22. The molecule has 0 radical (unpaired) electrons. The van der Waals surface area contributed by atoms with E-state index in [0.717, 1.165) is 18.8 Å². The van der Waals surface area contributed by atoms with Crippen LogP contribution in [0.25, 0.3) is 0 Å². The van der Waals surface area contributed by atoms with Crippen LogP contribution >= 0.6 is 11.3 Å². The highest BCUT2D eigenvalue weighted by Gasteiger charge is 2.43.